The Morgan fingerprint density at radius 3 is 2.54 bits per heavy atom. The molecular formula is C29H31N3O2S. The lowest BCUT2D eigenvalue weighted by Crippen LogP contribution is -2.22. The number of ketones is 1. The fourth-order valence-corrected chi connectivity index (χ4v) is 5.22. The minimum atomic E-state index is -0.133. The van der Waals surface area contributed by atoms with Crippen LogP contribution in [-0.2, 0) is 6.54 Å². The molecule has 1 atom stereocenters. The van der Waals surface area contributed by atoms with E-state index in [-0.39, 0.29) is 17.1 Å². The maximum absolute atomic E-state index is 13.5. The molecule has 0 aliphatic rings. The molecule has 4 aromatic rings. The molecule has 5 nitrogen and oxygen atoms in total. The molecule has 35 heavy (non-hydrogen) atoms. The highest BCUT2D eigenvalue weighted by Gasteiger charge is 2.19. The summed E-state index contributed by atoms with van der Waals surface area (Å²) in [5.41, 5.74) is 5.13. The van der Waals surface area contributed by atoms with Gasteiger partial charge < -0.3 is 4.57 Å². The van der Waals surface area contributed by atoms with Crippen LogP contribution in [0.5, 0.6) is 0 Å². The molecule has 0 saturated carbocycles. The first-order chi connectivity index (χ1) is 16.8. The molecule has 0 aliphatic heterocycles. The van der Waals surface area contributed by atoms with Crippen LogP contribution in [-0.4, -0.2) is 25.7 Å². The van der Waals surface area contributed by atoms with E-state index in [1.54, 1.807) is 10.6 Å². The van der Waals surface area contributed by atoms with Gasteiger partial charge in [-0.1, -0.05) is 56.0 Å². The van der Waals surface area contributed by atoms with Crippen molar-refractivity contribution in [2.24, 2.45) is 0 Å². The van der Waals surface area contributed by atoms with Gasteiger partial charge in [-0.2, -0.15) is 0 Å². The van der Waals surface area contributed by atoms with E-state index in [9.17, 15) is 9.59 Å². The van der Waals surface area contributed by atoms with Crippen molar-refractivity contribution in [2.75, 3.05) is 5.75 Å². The molecule has 0 amide bonds. The van der Waals surface area contributed by atoms with Crippen LogP contribution in [0.15, 0.2) is 77.2 Å². The zero-order valence-corrected chi connectivity index (χ0v) is 21.6. The molecule has 0 N–H and O–H groups in total. The number of Topliss-reactive ketones (excluding diaryl/α,β-unsaturated/α-hetero) is 1. The van der Waals surface area contributed by atoms with Crippen LogP contribution in [0.4, 0.5) is 0 Å². The number of hydrogen-bond donors (Lipinski definition) is 0. The van der Waals surface area contributed by atoms with Crippen LogP contribution >= 0.6 is 11.8 Å². The van der Waals surface area contributed by atoms with E-state index in [1.165, 1.54) is 17.3 Å². The predicted octanol–water partition coefficient (Wildman–Crippen LogP) is 6.48. The molecule has 4 rings (SSSR count). The summed E-state index contributed by atoms with van der Waals surface area (Å²) >= 11 is 1.30. The number of carbonyl (C=O) groups excluding carboxylic acids is 1. The summed E-state index contributed by atoms with van der Waals surface area (Å²) in [4.78, 5) is 31.5. The van der Waals surface area contributed by atoms with Crippen molar-refractivity contribution in [3.05, 3.63) is 100 Å². The molecule has 0 aliphatic carbocycles. The molecule has 0 bridgehead atoms. The third-order valence-corrected chi connectivity index (χ3v) is 7.53. The molecule has 0 fully saturated rings. The Morgan fingerprint density at radius 1 is 1.14 bits per heavy atom. The molecule has 180 valence electrons. The number of thioether (sulfide) groups is 1. The summed E-state index contributed by atoms with van der Waals surface area (Å²) in [7, 11) is 0. The molecule has 0 saturated heterocycles. The van der Waals surface area contributed by atoms with Gasteiger partial charge in [0.2, 0.25) is 0 Å². The van der Waals surface area contributed by atoms with Gasteiger partial charge in [0.1, 0.15) is 0 Å². The SMILES string of the molecule is C=CCn1c(C)cc(C(=O)CSc2nc3ccccc3c(=O)n2-c2ccc(C(C)CC)cc2)c1C. The first kappa shape index (κ1) is 24.7. The highest BCUT2D eigenvalue weighted by Crippen LogP contribution is 2.26. The van der Waals surface area contributed by atoms with Crippen molar-refractivity contribution in [1.29, 1.82) is 0 Å². The number of fused-ring (bicyclic) bond motifs is 1. The second kappa shape index (κ2) is 10.5. The maximum atomic E-state index is 13.5. The van der Waals surface area contributed by atoms with Gasteiger partial charge in [0.25, 0.3) is 5.56 Å². The van der Waals surface area contributed by atoms with Gasteiger partial charge in [0.15, 0.2) is 10.9 Å². The number of aryl methyl sites for hydroxylation is 1. The Hall–Kier alpha value is -3.38. The molecular weight excluding hydrogens is 454 g/mol. The van der Waals surface area contributed by atoms with E-state index in [1.807, 2.05) is 56.3 Å². The quantitative estimate of drug-likeness (QED) is 0.118. The van der Waals surface area contributed by atoms with Gasteiger partial charge in [-0.3, -0.25) is 14.2 Å². The lowest BCUT2D eigenvalue weighted by Gasteiger charge is -2.15. The highest BCUT2D eigenvalue weighted by atomic mass is 32.2. The lowest BCUT2D eigenvalue weighted by molar-refractivity contribution is 0.102. The Labute approximate surface area is 210 Å². The summed E-state index contributed by atoms with van der Waals surface area (Å²) in [5, 5.41) is 1.07. The molecule has 2 aromatic heterocycles. The third-order valence-electron chi connectivity index (χ3n) is 6.60. The van der Waals surface area contributed by atoms with Crippen LogP contribution in [0.25, 0.3) is 16.6 Å². The summed E-state index contributed by atoms with van der Waals surface area (Å²) < 4.78 is 3.70. The highest BCUT2D eigenvalue weighted by molar-refractivity contribution is 7.99. The van der Waals surface area contributed by atoms with Gasteiger partial charge in [-0.05, 0) is 62.1 Å². The molecule has 1 unspecified atom stereocenters. The summed E-state index contributed by atoms with van der Waals surface area (Å²) in [6.07, 6.45) is 2.88. The zero-order chi connectivity index (χ0) is 25.1. The minimum absolute atomic E-state index is 0.0134. The van der Waals surface area contributed by atoms with Crippen molar-refractivity contribution >= 4 is 28.4 Å². The lowest BCUT2D eigenvalue weighted by atomic mass is 9.98. The number of nitrogens with zero attached hydrogens (tertiary/aromatic N) is 3. The van der Waals surface area contributed by atoms with E-state index in [2.05, 4.69) is 37.1 Å². The Kier molecular flexibility index (Phi) is 7.41. The Bertz CT molecular complexity index is 1450. The van der Waals surface area contributed by atoms with E-state index in [4.69, 9.17) is 4.98 Å². The van der Waals surface area contributed by atoms with Gasteiger partial charge in [-0.15, -0.1) is 6.58 Å². The number of carbonyl (C=O) groups is 1. The third kappa shape index (κ3) is 4.89. The number of benzene rings is 2. The van der Waals surface area contributed by atoms with E-state index in [0.29, 0.717) is 34.1 Å². The number of hydrogen-bond acceptors (Lipinski definition) is 4. The van der Waals surface area contributed by atoms with E-state index < -0.39 is 0 Å². The minimum Gasteiger partial charge on any atom is -0.345 e. The largest absolute Gasteiger partial charge is 0.345 e. The van der Waals surface area contributed by atoms with Gasteiger partial charge >= 0.3 is 0 Å². The van der Waals surface area contributed by atoms with Gasteiger partial charge in [0, 0.05) is 23.5 Å². The fraction of sp³-hybridized carbons (Fsp3) is 0.276. The van der Waals surface area contributed by atoms with Crippen LogP contribution in [0.3, 0.4) is 0 Å². The van der Waals surface area contributed by atoms with Crippen molar-refractivity contribution in [3.8, 4) is 5.69 Å². The topological polar surface area (TPSA) is 56.9 Å². The summed E-state index contributed by atoms with van der Waals surface area (Å²) in [6.45, 7) is 12.8. The van der Waals surface area contributed by atoms with E-state index in [0.717, 1.165) is 23.5 Å². The zero-order valence-electron chi connectivity index (χ0n) is 20.7. The number of rotatable bonds is 9. The fourth-order valence-electron chi connectivity index (χ4n) is 4.33. The first-order valence-electron chi connectivity index (χ1n) is 11.9. The van der Waals surface area contributed by atoms with Crippen molar-refractivity contribution in [3.63, 3.8) is 0 Å². The van der Waals surface area contributed by atoms with Gasteiger partial charge in [-0.25, -0.2) is 4.98 Å². The average molecular weight is 486 g/mol. The second-order valence-corrected chi connectivity index (χ2v) is 9.79. The van der Waals surface area contributed by atoms with Crippen molar-refractivity contribution in [1.82, 2.24) is 14.1 Å². The van der Waals surface area contributed by atoms with Crippen molar-refractivity contribution < 1.29 is 4.79 Å². The Morgan fingerprint density at radius 2 is 1.86 bits per heavy atom. The smallest absolute Gasteiger partial charge is 0.266 e. The monoisotopic (exact) mass is 485 g/mol. The van der Waals surface area contributed by atoms with Crippen LogP contribution < -0.4 is 5.56 Å². The first-order valence-corrected chi connectivity index (χ1v) is 12.9. The van der Waals surface area contributed by atoms with Crippen LogP contribution in [0.2, 0.25) is 0 Å². The van der Waals surface area contributed by atoms with Gasteiger partial charge in [0.05, 0.1) is 22.3 Å². The van der Waals surface area contributed by atoms with E-state index >= 15 is 0 Å². The van der Waals surface area contributed by atoms with Crippen LogP contribution in [0, 0.1) is 13.8 Å². The molecule has 2 aromatic carbocycles. The summed E-state index contributed by atoms with van der Waals surface area (Å²) in [5.74, 6) is 0.648. The molecule has 6 heteroatoms. The number of allylic oxidation sites excluding steroid dienone is 1. The van der Waals surface area contributed by atoms with Crippen molar-refractivity contribution in [2.45, 2.75) is 51.7 Å². The summed E-state index contributed by atoms with van der Waals surface area (Å²) in [6, 6.07) is 17.3. The molecule has 2 heterocycles. The standard InChI is InChI=1S/C29H31N3O2S/c1-6-16-31-20(4)17-25(21(31)5)27(33)18-35-29-30-26-11-9-8-10-24(26)28(34)32(29)23-14-12-22(13-15-23)19(3)7-2/h6,8-15,17,19H,1,7,16,18H2,2-5H3. The number of aromatic nitrogens is 3. The molecule has 0 spiro atoms. The maximum Gasteiger partial charge on any atom is 0.266 e. The number of para-hydroxylation sites is 1. The van der Waals surface area contributed by atoms with Crippen LogP contribution in [0.1, 0.15) is 53.5 Å². The predicted molar refractivity (Wildman–Crippen MR) is 145 cm³/mol. The normalized spacial score (nSPS) is 12.1. The molecule has 0 radical (unpaired) electrons. The Balaban J connectivity index is 1.72. The average Bonchev–Trinajstić information content (AvgIpc) is 3.16. The second-order valence-electron chi connectivity index (χ2n) is 8.85.